The zero-order chi connectivity index (χ0) is 10.3. The van der Waals surface area contributed by atoms with Crippen LogP contribution in [0, 0.1) is 17.0 Å². The van der Waals surface area contributed by atoms with Crippen molar-refractivity contribution in [2.24, 2.45) is 5.41 Å². The van der Waals surface area contributed by atoms with Gasteiger partial charge in [-0.05, 0) is 30.4 Å². The fourth-order valence-electron chi connectivity index (χ4n) is 1.59. The second-order valence-electron chi connectivity index (χ2n) is 4.19. The van der Waals surface area contributed by atoms with Gasteiger partial charge >= 0.3 is 0 Å². The van der Waals surface area contributed by atoms with Gasteiger partial charge in [-0.3, -0.25) is 0 Å². The molecule has 0 bridgehead atoms. The zero-order valence-corrected chi connectivity index (χ0v) is 7.93. The third-order valence-electron chi connectivity index (χ3n) is 2.97. The molecule has 1 unspecified atom stereocenters. The Labute approximate surface area is 81.4 Å². The van der Waals surface area contributed by atoms with E-state index in [-0.39, 0.29) is 11.0 Å². The normalized spacial score (nSPS) is 20.6. The van der Waals surface area contributed by atoms with E-state index in [9.17, 15) is 13.9 Å². The van der Waals surface area contributed by atoms with Gasteiger partial charge in [0.25, 0.3) is 0 Å². The Balaban J connectivity index is 2.40. The number of halogens is 2. The van der Waals surface area contributed by atoms with E-state index in [2.05, 4.69) is 0 Å². The second-order valence-corrected chi connectivity index (χ2v) is 4.19. The monoisotopic (exact) mass is 198 g/mol. The summed E-state index contributed by atoms with van der Waals surface area (Å²) in [6.45, 7) is 1.84. The summed E-state index contributed by atoms with van der Waals surface area (Å²) in [5.74, 6) is -1.32. The van der Waals surface area contributed by atoms with E-state index in [0.29, 0.717) is 0 Å². The summed E-state index contributed by atoms with van der Waals surface area (Å²) < 4.78 is 26.5. The molecule has 1 aromatic carbocycles. The van der Waals surface area contributed by atoms with Gasteiger partial charge in [-0.25, -0.2) is 8.78 Å². The first-order chi connectivity index (χ1) is 6.54. The average Bonchev–Trinajstić information content (AvgIpc) is 2.84. The predicted molar refractivity (Wildman–Crippen MR) is 48.7 cm³/mol. The molecule has 1 aliphatic carbocycles. The number of hydrogen-bond donors (Lipinski definition) is 1. The molecule has 0 aliphatic heterocycles. The molecule has 0 aromatic heterocycles. The van der Waals surface area contributed by atoms with Crippen LogP contribution in [0.15, 0.2) is 18.2 Å². The molecule has 76 valence electrons. The smallest absolute Gasteiger partial charge is 0.131 e. The molecule has 0 heterocycles. The van der Waals surface area contributed by atoms with Crippen molar-refractivity contribution in [1.82, 2.24) is 0 Å². The number of aliphatic hydroxyl groups excluding tert-OH is 1. The molecule has 1 N–H and O–H groups in total. The minimum Gasteiger partial charge on any atom is -0.388 e. The highest BCUT2D eigenvalue weighted by Gasteiger charge is 2.46. The Bertz CT molecular complexity index is 338. The molecule has 0 amide bonds. The molecule has 1 aromatic rings. The zero-order valence-electron chi connectivity index (χ0n) is 7.93. The SMILES string of the molecule is CC1(C(O)c2c(F)cccc2F)CC1. The highest BCUT2D eigenvalue weighted by atomic mass is 19.1. The van der Waals surface area contributed by atoms with Gasteiger partial charge < -0.3 is 5.11 Å². The third kappa shape index (κ3) is 1.42. The van der Waals surface area contributed by atoms with Gasteiger partial charge in [0.15, 0.2) is 0 Å². The van der Waals surface area contributed by atoms with Crippen molar-refractivity contribution >= 4 is 0 Å². The van der Waals surface area contributed by atoms with E-state index in [0.717, 1.165) is 12.8 Å². The molecule has 1 saturated carbocycles. The summed E-state index contributed by atoms with van der Waals surface area (Å²) in [5.41, 5.74) is -0.518. The van der Waals surface area contributed by atoms with Crippen LogP contribution in [0.5, 0.6) is 0 Å². The number of aliphatic hydroxyl groups is 1. The van der Waals surface area contributed by atoms with Crippen LogP contribution in [0.25, 0.3) is 0 Å². The van der Waals surface area contributed by atoms with Crippen molar-refractivity contribution < 1.29 is 13.9 Å². The Morgan fingerprint density at radius 2 is 1.79 bits per heavy atom. The Morgan fingerprint density at radius 3 is 2.21 bits per heavy atom. The molecule has 1 aliphatic rings. The van der Waals surface area contributed by atoms with E-state index in [1.165, 1.54) is 18.2 Å². The van der Waals surface area contributed by atoms with Crippen LogP contribution >= 0.6 is 0 Å². The van der Waals surface area contributed by atoms with Crippen molar-refractivity contribution in [3.8, 4) is 0 Å². The van der Waals surface area contributed by atoms with Crippen LogP contribution in [-0.4, -0.2) is 5.11 Å². The van der Waals surface area contributed by atoms with Crippen molar-refractivity contribution in [3.05, 3.63) is 35.4 Å². The number of benzene rings is 1. The highest BCUT2D eigenvalue weighted by molar-refractivity contribution is 5.25. The molecule has 1 fully saturated rings. The highest BCUT2D eigenvalue weighted by Crippen LogP contribution is 2.54. The average molecular weight is 198 g/mol. The number of rotatable bonds is 2. The number of hydrogen-bond acceptors (Lipinski definition) is 1. The lowest BCUT2D eigenvalue weighted by atomic mass is 9.94. The van der Waals surface area contributed by atoms with Crippen molar-refractivity contribution in [2.45, 2.75) is 25.9 Å². The summed E-state index contributed by atoms with van der Waals surface area (Å²) in [7, 11) is 0. The molecule has 2 rings (SSSR count). The summed E-state index contributed by atoms with van der Waals surface area (Å²) in [4.78, 5) is 0. The van der Waals surface area contributed by atoms with Crippen LogP contribution in [-0.2, 0) is 0 Å². The summed E-state index contributed by atoms with van der Waals surface area (Å²) in [6.07, 6.45) is 0.618. The molecule has 1 atom stereocenters. The Kier molecular flexibility index (Phi) is 2.07. The molecule has 0 saturated heterocycles. The van der Waals surface area contributed by atoms with E-state index in [1.54, 1.807) is 0 Å². The van der Waals surface area contributed by atoms with Gasteiger partial charge in [-0.15, -0.1) is 0 Å². The maximum absolute atomic E-state index is 13.3. The van der Waals surface area contributed by atoms with Gasteiger partial charge in [0.1, 0.15) is 11.6 Å². The standard InChI is InChI=1S/C11H12F2O/c1-11(5-6-11)10(14)9-7(12)3-2-4-8(9)13/h2-4,10,14H,5-6H2,1H3. The third-order valence-corrected chi connectivity index (χ3v) is 2.97. The van der Waals surface area contributed by atoms with Crippen LogP contribution in [0.1, 0.15) is 31.4 Å². The van der Waals surface area contributed by atoms with Crippen LogP contribution in [0.3, 0.4) is 0 Å². The first-order valence-corrected chi connectivity index (χ1v) is 4.66. The molecule has 0 spiro atoms. The lowest BCUT2D eigenvalue weighted by Gasteiger charge is -2.18. The maximum Gasteiger partial charge on any atom is 0.131 e. The molecule has 0 radical (unpaired) electrons. The quantitative estimate of drug-likeness (QED) is 0.774. The van der Waals surface area contributed by atoms with E-state index in [1.807, 2.05) is 6.92 Å². The first kappa shape index (κ1) is 9.59. The van der Waals surface area contributed by atoms with Gasteiger partial charge in [-0.1, -0.05) is 13.0 Å². The molecule has 14 heavy (non-hydrogen) atoms. The van der Waals surface area contributed by atoms with Crippen LogP contribution < -0.4 is 0 Å². The Hall–Kier alpha value is -0.960. The van der Waals surface area contributed by atoms with Gasteiger partial charge in [0.05, 0.1) is 11.7 Å². The van der Waals surface area contributed by atoms with Crippen molar-refractivity contribution in [3.63, 3.8) is 0 Å². The van der Waals surface area contributed by atoms with Crippen LogP contribution in [0.4, 0.5) is 8.78 Å². The van der Waals surface area contributed by atoms with E-state index < -0.39 is 17.7 Å². The summed E-state index contributed by atoms with van der Waals surface area (Å²) in [5, 5.41) is 9.80. The molecular weight excluding hydrogens is 186 g/mol. The van der Waals surface area contributed by atoms with E-state index in [4.69, 9.17) is 0 Å². The fourth-order valence-corrected chi connectivity index (χ4v) is 1.59. The van der Waals surface area contributed by atoms with Crippen molar-refractivity contribution in [1.29, 1.82) is 0 Å². The lowest BCUT2D eigenvalue weighted by Crippen LogP contribution is -2.13. The topological polar surface area (TPSA) is 20.2 Å². The summed E-state index contributed by atoms with van der Waals surface area (Å²) in [6, 6.07) is 3.65. The molecule has 3 heteroatoms. The largest absolute Gasteiger partial charge is 0.388 e. The Morgan fingerprint density at radius 1 is 1.29 bits per heavy atom. The maximum atomic E-state index is 13.3. The van der Waals surface area contributed by atoms with E-state index >= 15 is 0 Å². The predicted octanol–water partition coefficient (Wildman–Crippen LogP) is 2.80. The van der Waals surface area contributed by atoms with Gasteiger partial charge in [-0.2, -0.15) is 0 Å². The minimum atomic E-state index is -1.02. The second kappa shape index (κ2) is 3.02. The van der Waals surface area contributed by atoms with Crippen molar-refractivity contribution in [2.75, 3.05) is 0 Å². The fraction of sp³-hybridized carbons (Fsp3) is 0.455. The molecule has 1 nitrogen and oxygen atoms in total. The van der Waals surface area contributed by atoms with Crippen LogP contribution in [0.2, 0.25) is 0 Å². The van der Waals surface area contributed by atoms with Gasteiger partial charge in [0, 0.05) is 0 Å². The summed E-state index contributed by atoms with van der Waals surface area (Å²) >= 11 is 0. The minimum absolute atomic E-state index is 0.187. The lowest BCUT2D eigenvalue weighted by molar-refractivity contribution is 0.0957. The first-order valence-electron chi connectivity index (χ1n) is 4.66. The molecular formula is C11H12F2O. The van der Waals surface area contributed by atoms with Gasteiger partial charge in [0.2, 0.25) is 0 Å².